The molecule has 2 rings (SSSR count). The van der Waals surface area contributed by atoms with E-state index in [2.05, 4.69) is 25.1 Å². The van der Waals surface area contributed by atoms with Crippen LogP contribution in [0.2, 0.25) is 0 Å². The average Bonchev–Trinajstić information content (AvgIpc) is 2.59. The highest BCUT2D eigenvalue weighted by molar-refractivity contribution is 8.00. The van der Waals surface area contributed by atoms with E-state index in [4.69, 9.17) is 5.73 Å². The maximum Gasteiger partial charge on any atom is 0.0110 e. The molecule has 1 aliphatic rings. The van der Waals surface area contributed by atoms with E-state index in [0.717, 1.165) is 18.2 Å². The Morgan fingerprint density at radius 1 is 1.40 bits per heavy atom. The molecular formula is C13H19NS. The molecule has 2 N–H and O–H groups in total. The summed E-state index contributed by atoms with van der Waals surface area (Å²) in [7, 11) is 0. The minimum Gasteiger partial charge on any atom is -0.330 e. The highest BCUT2D eigenvalue weighted by atomic mass is 32.2. The Kier molecular flexibility index (Phi) is 3.71. The first kappa shape index (κ1) is 11.0. The van der Waals surface area contributed by atoms with Crippen molar-refractivity contribution in [2.45, 2.75) is 42.8 Å². The molecule has 0 spiro atoms. The second kappa shape index (κ2) is 5.04. The van der Waals surface area contributed by atoms with Crippen molar-refractivity contribution in [3.8, 4) is 0 Å². The van der Waals surface area contributed by atoms with E-state index in [1.54, 1.807) is 11.1 Å². The zero-order valence-corrected chi connectivity index (χ0v) is 10.1. The van der Waals surface area contributed by atoms with Gasteiger partial charge in [0.15, 0.2) is 0 Å². The van der Waals surface area contributed by atoms with Gasteiger partial charge in [-0.3, -0.25) is 0 Å². The molecule has 0 saturated carbocycles. The Hall–Kier alpha value is -0.470. The summed E-state index contributed by atoms with van der Waals surface area (Å²) < 4.78 is 0. The van der Waals surface area contributed by atoms with Gasteiger partial charge < -0.3 is 5.73 Å². The largest absolute Gasteiger partial charge is 0.330 e. The highest BCUT2D eigenvalue weighted by Gasteiger charge is 2.20. The van der Waals surface area contributed by atoms with E-state index in [-0.39, 0.29) is 0 Å². The third kappa shape index (κ3) is 2.56. The first-order valence-electron chi connectivity index (χ1n) is 5.78. The van der Waals surface area contributed by atoms with Crippen LogP contribution in [0.15, 0.2) is 23.1 Å². The lowest BCUT2D eigenvalue weighted by molar-refractivity contribution is 0.737. The molecule has 0 amide bonds. The number of benzene rings is 1. The van der Waals surface area contributed by atoms with E-state index < -0.39 is 0 Å². The van der Waals surface area contributed by atoms with Gasteiger partial charge in [-0.15, -0.1) is 11.8 Å². The van der Waals surface area contributed by atoms with Gasteiger partial charge in [0.1, 0.15) is 0 Å². The van der Waals surface area contributed by atoms with E-state index in [9.17, 15) is 0 Å². The lowest BCUT2D eigenvalue weighted by Gasteiger charge is -2.06. The van der Waals surface area contributed by atoms with Crippen molar-refractivity contribution >= 4 is 11.8 Å². The number of fused-ring (bicyclic) bond motifs is 1. The van der Waals surface area contributed by atoms with E-state index in [1.165, 1.54) is 24.2 Å². The maximum atomic E-state index is 5.52. The SMILES string of the molecule is CC1Cc2c(CCCCN)cccc2S1. The number of rotatable bonds is 4. The summed E-state index contributed by atoms with van der Waals surface area (Å²) in [4.78, 5) is 1.51. The molecule has 1 heterocycles. The normalized spacial score (nSPS) is 19.2. The molecule has 0 saturated heterocycles. The number of aryl methyl sites for hydroxylation is 1. The molecule has 82 valence electrons. The lowest BCUT2D eigenvalue weighted by Crippen LogP contribution is -2.01. The van der Waals surface area contributed by atoms with Crippen LogP contribution < -0.4 is 5.73 Å². The molecule has 15 heavy (non-hydrogen) atoms. The maximum absolute atomic E-state index is 5.52. The van der Waals surface area contributed by atoms with Crippen LogP contribution in [0.5, 0.6) is 0 Å². The summed E-state index contributed by atoms with van der Waals surface area (Å²) in [5, 5.41) is 0.760. The van der Waals surface area contributed by atoms with Gasteiger partial charge in [0.25, 0.3) is 0 Å². The van der Waals surface area contributed by atoms with E-state index in [0.29, 0.717) is 0 Å². The first-order chi connectivity index (χ1) is 7.31. The van der Waals surface area contributed by atoms with Crippen LogP contribution in [0.4, 0.5) is 0 Å². The molecule has 2 heteroatoms. The third-order valence-electron chi connectivity index (χ3n) is 2.95. The zero-order chi connectivity index (χ0) is 10.7. The fraction of sp³-hybridized carbons (Fsp3) is 0.538. The number of nitrogens with two attached hydrogens (primary N) is 1. The highest BCUT2D eigenvalue weighted by Crippen LogP contribution is 2.38. The van der Waals surface area contributed by atoms with Crippen molar-refractivity contribution in [2.24, 2.45) is 5.73 Å². The molecule has 0 aliphatic carbocycles. The molecular weight excluding hydrogens is 202 g/mol. The van der Waals surface area contributed by atoms with Crippen LogP contribution >= 0.6 is 11.8 Å². The number of thioether (sulfide) groups is 1. The van der Waals surface area contributed by atoms with Crippen LogP contribution in [0.3, 0.4) is 0 Å². The van der Waals surface area contributed by atoms with Crippen LogP contribution in [0, 0.1) is 0 Å². The van der Waals surface area contributed by atoms with E-state index >= 15 is 0 Å². The Morgan fingerprint density at radius 3 is 3.07 bits per heavy atom. The van der Waals surface area contributed by atoms with Crippen LogP contribution in [-0.2, 0) is 12.8 Å². The lowest BCUT2D eigenvalue weighted by atomic mass is 9.99. The van der Waals surface area contributed by atoms with Gasteiger partial charge in [-0.05, 0) is 49.4 Å². The molecule has 1 nitrogen and oxygen atoms in total. The van der Waals surface area contributed by atoms with Crippen molar-refractivity contribution in [1.82, 2.24) is 0 Å². The molecule has 0 aromatic heterocycles. The van der Waals surface area contributed by atoms with Gasteiger partial charge in [-0.2, -0.15) is 0 Å². The molecule has 1 aliphatic heterocycles. The Balaban J connectivity index is 2.09. The fourth-order valence-electron chi connectivity index (χ4n) is 2.19. The minimum atomic E-state index is 0.760. The fourth-order valence-corrected chi connectivity index (χ4v) is 3.39. The van der Waals surface area contributed by atoms with Crippen LogP contribution in [0.1, 0.15) is 30.9 Å². The van der Waals surface area contributed by atoms with Crippen molar-refractivity contribution in [1.29, 1.82) is 0 Å². The summed E-state index contributed by atoms with van der Waals surface area (Å²) >= 11 is 2.02. The summed E-state index contributed by atoms with van der Waals surface area (Å²) in [5.41, 5.74) is 8.68. The molecule has 1 atom stereocenters. The van der Waals surface area contributed by atoms with Crippen LogP contribution in [-0.4, -0.2) is 11.8 Å². The van der Waals surface area contributed by atoms with Gasteiger partial charge in [0, 0.05) is 10.1 Å². The quantitative estimate of drug-likeness (QED) is 0.791. The van der Waals surface area contributed by atoms with Gasteiger partial charge in [-0.25, -0.2) is 0 Å². The molecule has 0 fully saturated rings. The topological polar surface area (TPSA) is 26.0 Å². The van der Waals surface area contributed by atoms with E-state index in [1.807, 2.05) is 11.8 Å². The molecule has 0 bridgehead atoms. The van der Waals surface area contributed by atoms with Gasteiger partial charge in [0.2, 0.25) is 0 Å². The summed E-state index contributed by atoms with van der Waals surface area (Å²) in [5.74, 6) is 0. The second-order valence-electron chi connectivity index (χ2n) is 4.27. The summed E-state index contributed by atoms with van der Waals surface area (Å²) in [6.45, 7) is 3.13. The number of unbranched alkanes of at least 4 members (excludes halogenated alkanes) is 1. The van der Waals surface area contributed by atoms with Crippen molar-refractivity contribution in [2.75, 3.05) is 6.54 Å². The summed E-state index contributed by atoms with van der Waals surface area (Å²) in [6, 6.07) is 6.74. The zero-order valence-electron chi connectivity index (χ0n) is 9.33. The Bertz CT molecular complexity index is 335. The van der Waals surface area contributed by atoms with Gasteiger partial charge >= 0.3 is 0 Å². The third-order valence-corrected chi connectivity index (χ3v) is 4.16. The number of hydrogen-bond acceptors (Lipinski definition) is 2. The van der Waals surface area contributed by atoms with Crippen molar-refractivity contribution in [3.63, 3.8) is 0 Å². The minimum absolute atomic E-state index is 0.760. The monoisotopic (exact) mass is 221 g/mol. The predicted molar refractivity (Wildman–Crippen MR) is 67.5 cm³/mol. The Labute approximate surface area is 96.4 Å². The Morgan fingerprint density at radius 2 is 2.27 bits per heavy atom. The smallest absolute Gasteiger partial charge is 0.0110 e. The number of hydrogen-bond donors (Lipinski definition) is 1. The predicted octanol–water partition coefficient (Wildman–Crippen LogP) is 3.00. The van der Waals surface area contributed by atoms with Crippen LogP contribution in [0.25, 0.3) is 0 Å². The summed E-state index contributed by atoms with van der Waals surface area (Å²) in [6.07, 6.45) is 4.82. The van der Waals surface area contributed by atoms with Gasteiger partial charge in [0.05, 0.1) is 0 Å². The standard InChI is InChI=1S/C13H19NS/c1-10-9-12-11(5-2-3-8-14)6-4-7-13(12)15-10/h4,6-7,10H,2-3,5,8-9,14H2,1H3. The second-order valence-corrected chi connectivity index (χ2v) is 5.75. The molecule has 1 unspecified atom stereocenters. The first-order valence-corrected chi connectivity index (χ1v) is 6.66. The van der Waals surface area contributed by atoms with Gasteiger partial charge in [-0.1, -0.05) is 19.1 Å². The van der Waals surface area contributed by atoms with Crippen molar-refractivity contribution < 1.29 is 0 Å². The molecule has 0 radical (unpaired) electrons. The molecule has 1 aromatic rings. The van der Waals surface area contributed by atoms with Crippen molar-refractivity contribution in [3.05, 3.63) is 29.3 Å². The molecule has 1 aromatic carbocycles. The average molecular weight is 221 g/mol.